The van der Waals surface area contributed by atoms with Crippen molar-refractivity contribution in [2.24, 2.45) is 5.92 Å². The molecule has 2 heterocycles. The van der Waals surface area contributed by atoms with Gasteiger partial charge in [-0.1, -0.05) is 54.1 Å². The van der Waals surface area contributed by atoms with Gasteiger partial charge in [-0.3, -0.25) is 4.79 Å². The second-order valence-corrected chi connectivity index (χ2v) is 8.03. The molecule has 3 aromatic rings. The number of benzene rings is 2. The highest BCUT2D eigenvalue weighted by atomic mass is 16.1. The zero-order valence-electron chi connectivity index (χ0n) is 17.6. The van der Waals surface area contributed by atoms with Gasteiger partial charge in [0.2, 0.25) is 5.91 Å². The lowest BCUT2D eigenvalue weighted by Gasteiger charge is -2.33. The van der Waals surface area contributed by atoms with Gasteiger partial charge in [0.05, 0.1) is 5.92 Å². The Morgan fingerprint density at radius 1 is 1.10 bits per heavy atom. The van der Waals surface area contributed by atoms with Gasteiger partial charge in [-0.25, -0.2) is 9.97 Å². The molecule has 0 unspecified atom stereocenters. The predicted octanol–water partition coefficient (Wildman–Crippen LogP) is 4.29. The first-order chi connectivity index (χ1) is 14.6. The van der Waals surface area contributed by atoms with Crippen molar-refractivity contribution in [3.63, 3.8) is 0 Å². The van der Waals surface area contributed by atoms with Crippen LogP contribution in [-0.4, -0.2) is 29.0 Å². The van der Waals surface area contributed by atoms with Crippen LogP contribution in [0, 0.1) is 19.8 Å². The summed E-state index contributed by atoms with van der Waals surface area (Å²) in [6.07, 6.45) is 3.69. The van der Waals surface area contributed by atoms with Crippen molar-refractivity contribution in [3.8, 4) is 11.4 Å². The molecule has 0 radical (unpaired) electrons. The van der Waals surface area contributed by atoms with Gasteiger partial charge in [0.1, 0.15) is 5.82 Å². The average Bonchev–Trinajstić information content (AvgIpc) is 2.79. The minimum absolute atomic E-state index is 0.0273. The Hall–Kier alpha value is -3.21. The highest BCUT2D eigenvalue weighted by Crippen LogP contribution is 2.24. The van der Waals surface area contributed by atoms with Gasteiger partial charge in [0, 0.05) is 31.4 Å². The maximum absolute atomic E-state index is 12.8. The first kappa shape index (κ1) is 20.1. The Bertz CT molecular complexity index is 1020. The molecule has 0 bridgehead atoms. The molecule has 1 saturated heterocycles. The molecule has 1 aliphatic rings. The highest BCUT2D eigenvalue weighted by molar-refractivity contribution is 5.79. The quantitative estimate of drug-likeness (QED) is 0.694. The van der Waals surface area contributed by atoms with E-state index in [1.54, 1.807) is 6.20 Å². The van der Waals surface area contributed by atoms with Crippen molar-refractivity contribution in [2.75, 3.05) is 18.0 Å². The molecule has 5 nitrogen and oxygen atoms in total. The lowest BCUT2D eigenvalue weighted by molar-refractivity contribution is -0.125. The number of carbonyl (C=O) groups is 1. The van der Waals surface area contributed by atoms with Crippen molar-refractivity contribution < 1.29 is 4.79 Å². The van der Waals surface area contributed by atoms with E-state index >= 15 is 0 Å². The van der Waals surface area contributed by atoms with Crippen molar-refractivity contribution in [1.29, 1.82) is 0 Å². The summed E-state index contributed by atoms with van der Waals surface area (Å²) < 4.78 is 0. The van der Waals surface area contributed by atoms with E-state index in [1.165, 1.54) is 11.1 Å². The normalized spacial score (nSPS) is 16.3. The number of aromatic nitrogens is 2. The van der Waals surface area contributed by atoms with Gasteiger partial charge in [0.25, 0.3) is 0 Å². The summed E-state index contributed by atoms with van der Waals surface area (Å²) in [5.41, 5.74) is 4.59. The molecule has 5 heteroatoms. The minimum atomic E-state index is -0.0273. The Morgan fingerprint density at radius 3 is 2.70 bits per heavy atom. The molecule has 1 amide bonds. The molecular formula is C25H28N4O. The van der Waals surface area contributed by atoms with Crippen LogP contribution < -0.4 is 10.2 Å². The van der Waals surface area contributed by atoms with Crippen LogP contribution in [0.3, 0.4) is 0 Å². The van der Waals surface area contributed by atoms with E-state index < -0.39 is 0 Å². The van der Waals surface area contributed by atoms with Crippen molar-refractivity contribution >= 4 is 11.7 Å². The number of anilines is 1. The maximum Gasteiger partial charge on any atom is 0.225 e. The third kappa shape index (κ3) is 4.67. The van der Waals surface area contributed by atoms with E-state index in [0.29, 0.717) is 13.1 Å². The van der Waals surface area contributed by atoms with Crippen LogP contribution in [0.15, 0.2) is 60.8 Å². The van der Waals surface area contributed by atoms with Gasteiger partial charge in [-0.05, 0) is 43.9 Å². The van der Waals surface area contributed by atoms with Gasteiger partial charge in [-0.2, -0.15) is 0 Å². The summed E-state index contributed by atoms with van der Waals surface area (Å²) in [5, 5.41) is 3.13. The van der Waals surface area contributed by atoms with E-state index in [1.807, 2.05) is 30.3 Å². The van der Waals surface area contributed by atoms with Crippen molar-refractivity contribution in [1.82, 2.24) is 15.3 Å². The van der Waals surface area contributed by atoms with Crippen molar-refractivity contribution in [2.45, 2.75) is 33.2 Å². The lowest BCUT2D eigenvalue weighted by atomic mass is 9.97. The molecule has 1 aliphatic heterocycles. The van der Waals surface area contributed by atoms with Gasteiger partial charge in [-0.15, -0.1) is 0 Å². The number of rotatable bonds is 5. The Morgan fingerprint density at radius 2 is 1.90 bits per heavy atom. The summed E-state index contributed by atoms with van der Waals surface area (Å²) in [6.45, 7) is 6.31. The third-order valence-electron chi connectivity index (χ3n) is 5.78. The summed E-state index contributed by atoms with van der Waals surface area (Å²) in [4.78, 5) is 24.2. The van der Waals surface area contributed by atoms with Crippen LogP contribution in [0.2, 0.25) is 0 Å². The number of amides is 1. The molecule has 2 aromatic carbocycles. The van der Waals surface area contributed by atoms with Gasteiger partial charge < -0.3 is 10.2 Å². The number of nitrogens with zero attached hydrogens (tertiary/aromatic N) is 3. The molecule has 1 N–H and O–H groups in total. The standard InChI is InChI=1S/C25H28N4O/c1-18-9-11-20(12-10-18)24-26-14-13-23(28-24)29-15-5-8-22(17-29)25(30)27-16-21-7-4-3-6-19(21)2/h3-4,6-7,9-14,22H,5,8,15-17H2,1-2H3,(H,27,30)/t22-/m0/s1. The van der Waals surface area contributed by atoms with E-state index in [0.717, 1.165) is 42.2 Å². The van der Waals surface area contributed by atoms with Crippen LogP contribution in [0.5, 0.6) is 0 Å². The highest BCUT2D eigenvalue weighted by Gasteiger charge is 2.26. The SMILES string of the molecule is Cc1ccc(-c2nccc(N3CCC[C@H](C(=O)NCc4ccccc4C)C3)n2)cc1. The average molecular weight is 401 g/mol. The molecule has 1 fully saturated rings. The number of hydrogen-bond acceptors (Lipinski definition) is 4. The smallest absolute Gasteiger partial charge is 0.225 e. The van der Waals surface area contributed by atoms with Crippen LogP contribution in [-0.2, 0) is 11.3 Å². The topological polar surface area (TPSA) is 58.1 Å². The van der Waals surface area contributed by atoms with Crippen LogP contribution in [0.25, 0.3) is 11.4 Å². The van der Waals surface area contributed by atoms with Crippen LogP contribution >= 0.6 is 0 Å². The Kier molecular flexibility index (Phi) is 6.07. The maximum atomic E-state index is 12.8. The lowest BCUT2D eigenvalue weighted by Crippen LogP contribution is -2.43. The monoisotopic (exact) mass is 400 g/mol. The summed E-state index contributed by atoms with van der Waals surface area (Å²) in [7, 11) is 0. The van der Waals surface area contributed by atoms with E-state index in [-0.39, 0.29) is 11.8 Å². The zero-order chi connectivity index (χ0) is 20.9. The van der Waals surface area contributed by atoms with Crippen LogP contribution in [0.1, 0.15) is 29.5 Å². The second kappa shape index (κ2) is 9.08. The second-order valence-electron chi connectivity index (χ2n) is 8.03. The van der Waals surface area contributed by atoms with E-state index in [4.69, 9.17) is 4.98 Å². The molecule has 1 atom stereocenters. The number of nitrogens with one attached hydrogen (secondary N) is 1. The Labute approximate surface area is 178 Å². The number of aryl methyl sites for hydroxylation is 2. The first-order valence-electron chi connectivity index (χ1n) is 10.6. The molecule has 30 heavy (non-hydrogen) atoms. The fourth-order valence-corrected chi connectivity index (χ4v) is 3.90. The largest absolute Gasteiger partial charge is 0.356 e. The molecule has 154 valence electrons. The zero-order valence-corrected chi connectivity index (χ0v) is 17.6. The fraction of sp³-hybridized carbons (Fsp3) is 0.320. The summed E-state index contributed by atoms with van der Waals surface area (Å²) in [6, 6.07) is 18.3. The molecular weight excluding hydrogens is 372 g/mol. The fourth-order valence-electron chi connectivity index (χ4n) is 3.90. The summed E-state index contributed by atoms with van der Waals surface area (Å²) in [5.74, 6) is 1.70. The number of piperidine rings is 1. The van der Waals surface area contributed by atoms with E-state index in [9.17, 15) is 4.79 Å². The van der Waals surface area contributed by atoms with Gasteiger partial charge in [0.15, 0.2) is 5.82 Å². The van der Waals surface area contributed by atoms with E-state index in [2.05, 4.69) is 53.3 Å². The summed E-state index contributed by atoms with van der Waals surface area (Å²) >= 11 is 0. The van der Waals surface area contributed by atoms with Crippen molar-refractivity contribution in [3.05, 3.63) is 77.5 Å². The molecule has 4 rings (SSSR count). The molecule has 0 aliphatic carbocycles. The number of carbonyl (C=O) groups excluding carboxylic acids is 1. The first-order valence-corrected chi connectivity index (χ1v) is 10.6. The molecule has 0 saturated carbocycles. The third-order valence-corrected chi connectivity index (χ3v) is 5.78. The van der Waals surface area contributed by atoms with Crippen LogP contribution in [0.4, 0.5) is 5.82 Å². The molecule has 0 spiro atoms. The Balaban J connectivity index is 1.42. The predicted molar refractivity (Wildman–Crippen MR) is 120 cm³/mol. The molecule has 1 aromatic heterocycles. The van der Waals surface area contributed by atoms with Gasteiger partial charge >= 0.3 is 0 Å². The number of hydrogen-bond donors (Lipinski definition) is 1. The minimum Gasteiger partial charge on any atom is -0.356 e.